The third-order valence-electron chi connectivity index (χ3n) is 4.13. The van der Waals surface area contributed by atoms with Gasteiger partial charge in [-0.3, -0.25) is 4.79 Å². The van der Waals surface area contributed by atoms with E-state index < -0.39 is 0 Å². The number of likely N-dealkylation sites (tertiary alicyclic amines) is 1. The first-order valence-electron chi connectivity index (χ1n) is 8.01. The normalized spacial score (nSPS) is 16.8. The summed E-state index contributed by atoms with van der Waals surface area (Å²) in [4.78, 5) is 14.6. The molecule has 3 N–H and O–H groups in total. The lowest BCUT2D eigenvalue weighted by molar-refractivity contribution is -0.122. The zero-order valence-electron chi connectivity index (χ0n) is 13.7. The van der Waals surface area contributed by atoms with Crippen LogP contribution >= 0.6 is 24.8 Å². The van der Waals surface area contributed by atoms with Crippen molar-refractivity contribution < 1.29 is 4.79 Å². The highest BCUT2D eigenvalue weighted by atomic mass is 35.5. The molecule has 132 valence electrons. The molecule has 1 heterocycles. The lowest BCUT2D eigenvalue weighted by atomic mass is 10.0. The van der Waals surface area contributed by atoms with Crippen molar-refractivity contribution >= 4 is 30.7 Å². The molecule has 1 aliphatic heterocycles. The summed E-state index contributed by atoms with van der Waals surface area (Å²) in [7, 11) is 0. The van der Waals surface area contributed by atoms with E-state index in [2.05, 4.69) is 17.1 Å². The highest BCUT2D eigenvalue weighted by Crippen LogP contribution is 2.15. The second-order valence-corrected chi connectivity index (χ2v) is 5.90. The number of carbonyl (C=O) groups is 1. The largest absolute Gasteiger partial charge is 0.353 e. The molecule has 1 amide bonds. The summed E-state index contributed by atoms with van der Waals surface area (Å²) >= 11 is 0. The Kier molecular flexibility index (Phi) is 11.3. The minimum absolute atomic E-state index is 0. The Morgan fingerprint density at radius 2 is 1.87 bits per heavy atom. The summed E-state index contributed by atoms with van der Waals surface area (Å²) in [5, 5.41) is 3.14. The van der Waals surface area contributed by atoms with Crippen molar-refractivity contribution in [2.75, 3.05) is 19.6 Å². The molecular weight excluding hydrogens is 333 g/mol. The van der Waals surface area contributed by atoms with Gasteiger partial charge in [-0.1, -0.05) is 37.3 Å². The van der Waals surface area contributed by atoms with E-state index in [0.717, 1.165) is 31.5 Å². The summed E-state index contributed by atoms with van der Waals surface area (Å²) in [6, 6.07) is 9.91. The summed E-state index contributed by atoms with van der Waals surface area (Å²) in [6.07, 6.45) is 3.65. The molecule has 0 saturated carbocycles. The Morgan fingerprint density at radius 3 is 2.43 bits per heavy atom. The average molecular weight is 362 g/mol. The highest BCUT2D eigenvalue weighted by molar-refractivity contribution is 5.85. The van der Waals surface area contributed by atoms with Gasteiger partial charge in [0, 0.05) is 31.6 Å². The monoisotopic (exact) mass is 361 g/mol. The highest BCUT2D eigenvalue weighted by Gasteiger charge is 2.21. The van der Waals surface area contributed by atoms with Gasteiger partial charge in [0.15, 0.2) is 0 Å². The molecule has 2 rings (SSSR count). The lowest BCUT2D eigenvalue weighted by Crippen LogP contribution is -2.45. The van der Waals surface area contributed by atoms with Gasteiger partial charge in [0.1, 0.15) is 0 Å². The molecule has 1 aliphatic rings. The smallest absolute Gasteiger partial charge is 0.222 e. The van der Waals surface area contributed by atoms with E-state index in [1.165, 1.54) is 13.0 Å². The van der Waals surface area contributed by atoms with Crippen molar-refractivity contribution in [1.82, 2.24) is 10.2 Å². The predicted octanol–water partition coefficient (Wildman–Crippen LogP) is 2.91. The van der Waals surface area contributed by atoms with E-state index in [4.69, 9.17) is 5.73 Å². The predicted molar refractivity (Wildman–Crippen MR) is 100 cm³/mol. The molecular formula is C17H29Cl2N3O. The zero-order chi connectivity index (χ0) is 15.1. The van der Waals surface area contributed by atoms with Crippen LogP contribution in [0.25, 0.3) is 0 Å². The Labute approximate surface area is 152 Å². The van der Waals surface area contributed by atoms with Crippen LogP contribution in [0.2, 0.25) is 0 Å². The molecule has 0 aliphatic carbocycles. The summed E-state index contributed by atoms with van der Waals surface area (Å²) in [5.74, 6) is 0.0697. The SMILES string of the molecule is CCCN1CCC(NC(=O)CC(N)c2ccccc2)CC1.Cl.Cl. The standard InChI is InChI=1S/C17H27N3O.2ClH/c1-2-10-20-11-8-15(9-12-20)19-17(21)13-16(18)14-6-4-3-5-7-14;;/h3-7,15-16H,2,8-13,18H2,1H3,(H,19,21);2*1H. The van der Waals surface area contributed by atoms with Crippen LogP contribution in [0.5, 0.6) is 0 Å². The van der Waals surface area contributed by atoms with Gasteiger partial charge in [-0.05, 0) is 31.4 Å². The van der Waals surface area contributed by atoms with Crippen LogP contribution in [0, 0.1) is 0 Å². The minimum Gasteiger partial charge on any atom is -0.353 e. The topological polar surface area (TPSA) is 58.4 Å². The maximum absolute atomic E-state index is 12.1. The van der Waals surface area contributed by atoms with Crippen LogP contribution in [-0.2, 0) is 4.79 Å². The van der Waals surface area contributed by atoms with Gasteiger partial charge in [0.05, 0.1) is 0 Å². The van der Waals surface area contributed by atoms with Gasteiger partial charge < -0.3 is 16.0 Å². The minimum atomic E-state index is -0.216. The molecule has 1 fully saturated rings. The molecule has 23 heavy (non-hydrogen) atoms. The van der Waals surface area contributed by atoms with Crippen LogP contribution < -0.4 is 11.1 Å². The second kappa shape index (κ2) is 11.7. The number of halogens is 2. The van der Waals surface area contributed by atoms with E-state index in [1.807, 2.05) is 30.3 Å². The number of nitrogens with one attached hydrogen (secondary N) is 1. The van der Waals surface area contributed by atoms with Gasteiger partial charge in [-0.25, -0.2) is 0 Å². The number of carbonyl (C=O) groups excluding carboxylic acids is 1. The van der Waals surface area contributed by atoms with Crippen molar-refractivity contribution in [2.45, 2.75) is 44.7 Å². The fourth-order valence-corrected chi connectivity index (χ4v) is 2.92. The first kappa shape index (κ1) is 22.2. The number of nitrogens with zero attached hydrogens (tertiary/aromatic N) is 1. The Balaban J connectivity index is 0.00000242. The van der Waals surface area contributed by atoms with Crippen LogP contribution in [-0.4, -0.2) is 36.5 Å². The lowest BCUT2D eigenvalue weighted by Gasteiger charge is -2.32. The average Bonchev–Trinajstić information content (AvgIpc) is 2.50. The van der Waals surface area contributed by atoms with E-state index in [0.29, 0.717) is 12.5 Å². The summed E-state index contributed by atoms with van der Waals surface area (Å²) in [5.41, 5.74) is 7.11. The Hall–Kier alpha value is -0.810. The first-order chi connectivity index (χ1) is 10.2. The van der Waals surface area contributed by atoms with E-state index in [-0.39, 0.29) is 36.8 Å². The zero-order valence-corrected chi connectivity index (χ0v) is 15.4. The van der Waals surface area contributed by atoms with E-state index >= 15 is 0 Å². The molecule has 1 aromatic carbocycles. The fourth-order valence-electron chi connectivity index (χ4n) is 2.92. The van der Waals surface area contributed by atoms with E-state index in [1.54, 1.807) is 0 Å². The number of hydrogen-bond donors (Lipinski definition) is 2. The fraction of sp³-hybridized carbons (Fsp3) is 0.588. The van der Waals surface area contributed by atoms with Crippen LogP contribution in [0.4, 0.5) is 0 Å². The summed E-state index contributed by atoms with van der Waals surface area (Å²) < 4.78 is 0. The molecule has 1 aromatic rings. The van der Waals surface area contributed by atoms with Crippen molar-refractivity contribution in [2.24, 2.45) is 5.73 Å². The molecule has 0 radical (unpaired) electrons. The van der Waals surface area contributed by atoms with Crippen LogP contribution in [0.3, 0.4) is 0 Å². The van der Waals surface area contributed by atoms with Gasteiger partial charge in [-0.15, -0.1) is 24.8 Å². The molecule has 0 spiro atoms. The number of nitrogens with two attached hydrogens (primary N) is 1. The second-order valence-electron chi connectivity index (χ2n) is 5.90. The van der Waals surface area contributed by atoms with Crippen molar-refractivity contribution in [3.8, 4) is 0 Å². The third-order valence-corrected chi connectivity index (χ3v) is 4.13. The Morgan fingerprint density at radius 1 is 1.26 bits per heavy atom. The molecule has 6 heteroatoms. The Bertz CT molecular complexity index is 437. The number of hydrogen-bond acceptors (Lipinski definition) is 3. The maximum Gasteiger partial charge on any atom is 0.222 e. The quantitative estimate of drug-likeness (QED) is 0.818. The summed E-state index contributed by atoms with van der Waals surface area (Å²) in [6.45, 7) is 5.55. The van der Waals surface area contributed by atoms with Crippen LogP contribution in [0.15, 0.2) is 30.3 Å². The van der Waals surface area contributed by atoms with Gasteiger partial charge in [-0.2, -0.15) is 0 Å². The molecule has 0 aromatic heterocycles. The van der Waals surface area contributed by atoms with Crippen molar-refractivity contribution in [3.05, 3.63) is 35.9 Å². The number of benzene rings is 1. The molecule has 4 nitrogen and oxygen atoms in total. The maximum atomic E-state index is 12.1. The molecule has 1 unspecified atom stereocenters. The third kappa shape index (κ3) is 7.53. The number of amides is 1. The molecule has 0 bridgehead atoms. The van der Waals surface area contributed by atoms with Crippen LogP contribution in [0.1, 0.15) is 44.2 Å². The van der Waals surface area contributed by atoms with Gasteiger partial charge in [0.2, 0.25) is 5.91 Å². The molecule has 1 saturated heterocycles. The van der Waals surface area contributed by atoms with Gasteiger partial charge >= 0.3 is 0 Å². The number of piperidine rings is 1. The first-order valence-corrected chi connectivity index (χ1v) is 8.01. The molecule has 1 atom stereocenters. The van der Waals surface area contributed by atoms with Gasteiger partial charge in [0.25, 0.3) is 0 Å². The van der Waals surface area contributed by atoms with E-state index in [9.17, 15) is 4.79 Å². The number of rotatable bonds is 6. The van der Waals surface area contributed by atoms with Crippen molar-refractivity contribution in [3.63, 3.8) is 0 Å². The van der Waals surface area contributed by atoms with Crippen molar-refractivity contribution in [1.29, 1.82) is 0 Å².